The fourth-order valence-electron chi connectivity index (χ4n) is 3.61. The Morgan fingerprint density at radius 1 is 1.21 bits per heavy atom. The number of pyridine rings is 1. The molecule has 0 aromatic carbocycles. The first kappa shape index (κ1) is 19.9. The second kappa shape index (κ2) is 8.04. The zero-order chi connectivity index (χ0) is 20.3. The lowest BCUT2D eigenvalue weighted by atomic mass is 9.88. The molecule has 1 N–H and O–H groups in total. The molecule has 1 saturated heterocycles. The lowest BCUT2D eigenvalue weighted by Crippen LogP contribution is -2.45. The highest BCUT2D eigenvalue weighted by atomic mass is 16.4. The van der Waals surface area contributed by atoms with Gasteiger partial charge in [0.15, 0.2) is 0 Å². The molecule has 1 atom stereocenters. The molecule has 0 saturated carbocycles. The van der Waals surface area contributed by atoms with Gasteiger partial charge in [-0.15, -0.1) is 0 Å². The Hall–Kier alpha value is -2.83. The molecule has 7 nitrogen and oxygen atoms in total. The first-order chi connectivity index (χ1) is 13.3. The van der Waals surface area contributed by atoms with Gasteiger partial charge in [-0.3, -0.25) is 19.7 Å². The van der Waals surface area contributed by atoms with Crippen molar-refractivity contribution in [2.24, 2.45) is 11.3 Å². The van der Waals surface area contributed by atoms with Crippen LogP contribution in [-0.4, -0.2) is 49.9 Å². The van der Waals surface area contributed by atoms with Gasteiger partial charge < -0.3 is 10.0 Å². The van der Waals surface area contributed by atoms with Gasteiger partial charge in [-0.25, -0.2) is 4.79 Å². The summed E-state index contributed by atoms with van der Waals surface area (Å²) in [6.45, 7) is 7.34. The van der Waals surface area contributed by atoms with Gasteiger partial charge in [0.05, 0.1) is 17.0 Å². The van der Waals surface area contributed by atoms with Crippen LogP contribution in [0.4, 0.5) is 0 Å². The van der Waals surface area contributed by atoms with Crippen molar-refractivity contribution >= 4 is 11.9 Å². The molecule has 1 amide bonds. The third-order valence-electron chi connectivity index (χ3n) is 4.96. The lowest BCUT2D eigenvalue weighted by molar-refractivity contribution is -0.141. The molecule has 0 radical (unpaired) electrons. The molecule has 148 valence electrons. The van der Waals surface area contributed by atoms with Crippen LogP contribution in [-0.2, 0) is 11.2 Å². The van der Waals surface area contributed by atoms with Crippen molar-refractivity contribution in [3.63, 3.8) is 0 Å². The molecule has 3 rings (SSSR count). The Bertz CT molecular complexity index is 876. The highest BCUT2D eigenvalue weighted by Crippen LogP contribution is 2.28. The molecular formula is C21H26N4O3. The van der Waals surface area contributed by atoms with Crippen molar-refractivity contribution in [1.29, 1.82) is 0 Å². The van der Waals surface area contributed by atoms with Crippen molar-refractivity contribution in [2.45, 2.75) is 40.0 Å². The maximum absolute atomic E-state index is 12.6. The molecule has 0 bridgehead atoms. The number of aromatic carboxylic acids is 1. The van der Waals surface area contributed by atoms with Crippen molar-refractivity contribution in [1.82, 2.24) is 19.9 Å². The highest BCUT2D eigenvalue weighted by Gasteiger charge is 2.31. The number of nitrogens with zero attached hydrogens (tertiary/aromatic N) is 4. The second-order valence-corrected chi connectivity index (χ2v) is 8.33. The van der Waals surface area contributed by atoms with Crippen LogP contribution in [0, 0.1) is 11.3 Å². The number of aromatic nitrogens is 3. The summed E-state index contributed by atoms with van der Waals surface area (Å²) in [5, 5.41) is 9.22. The van der Waals surface area contributed by atoms with Crippen molar-refractivity contribution in [2.75, 3.05) is 13.1 Å². The van der Waals surface area contributed by atoms with E-state index in [1.807, 2.05) is 25.7 Å². The SMILES string of the molecule is CC(C)(C)C(=O)N1CCC[C@H](Cc2nccnc2-c2cncc(C(=O)O)c2)C1. The first-order valence-electron chi connectivity index (χ1n) is 9.53. The van der Waals surface area contributed by atoms with E-state index in [0.717, 1.165) is 25.1 Å². The minimum Gasteiger partial charge on any atom is -0.478 e. The number of carboxylic acid groups (broad SMARTS) is 1. The van der Waals surface area contributed by atoms with E-state index in [0.29, 0.717) is 30.1 Å². The Kier molecular flexibility index (Phi) is 5.72. The molecule has 0 aliphatic carbocycles. The average molecular weight is 382 g/mol. The van der Waals surface area contributed by atoms with Crippen LogP contribution in [0.3, 0.4) is 0 Å². The Morgan fingerprint density at radius 3 is 2.68 bits per heavy atom. The summed E-state index contributed by atoms with van der Waals surface area (Å²) in [6.07, 6.45) is 8.86. The van der Waals surface area contributed by atoms with E-state index >= 15 is 0 Å². The molecule has 1 fully saturated rings. The molecule has 7 heteroatoms. The summed E-state index contributed by atoms with van der Waals surface area (Å²) in [7, 11) is 0. The number of piperidine rings is 1. The van der Waals surface area contributed by atoms with E-state index in [4.69, 9.17) is 0 Å². The third kappa shape index (κ3) is 4.52. The number of hydrogen-bond acceptors (Lipinski definition) is 5. The zero-order valence-electron chi connectivity index (χ0n) is 16.6. The van der Waals surface area contributed by atoms with E-state index < -0.39 is 5.97 Å². The summed E-state index contributed by atoms with van der Waals surface area (Å²) in [5.74, 6) is -0.551. The average Bonchev–Trinajstić information content (AvgIpc) is 2.67. The number of carboxylic acids is 1. The monoisotopic (exact) mass is 382 g/mol. The maximum atomic E-state index is 12.6. The Balaban J connectivity index is 1.81. The fourth-order valence-corrected chi connectivity index (χ4v) is 3.61. The van der Waals surface area contributed by atoms with E-state index in [9.17, 15) is 14.7 Å². The lowest BCUT2D eigenvalue weighted by Gasteiger charge is -2.36. The molecule has 1 aliphatic heterocycles. The van der Waals surface area contributed by atoms with Gasteiger partial charge in [0.25, 0.3) is 0 Å². The standard InChI is InChI=1S/C21H26N4O3/c1-21(2,3)20(28)25-8-4-5-14(13-25)9-17-18(24-7-6-23-17)15-10-16(19(26)27)12-22-11-15/h6-7,10-12,14H,4-5,8-9,13H2,1-3H3,(H,26,27)/t14-/m1/s1. The molecule has 0 unspecified atom stereocenters. The van der Waals surface area contributed by atoms with Crippen molar-refractivity contribution in [3.05, 3.63) is 42.1 Å². The van der Waals surface area contributed by atoms with Crippen LogP contribution >= 0.6 is 0 Å². The van der Waals surface area contributed by atoms with Gasteiger partial charge >= 0.3 is 5.97 Å². The van der Waals surface area contributed by atoms with Gasteiger partial charge in [0.2, 0.25) is 5.91 Å². The number of amides is 1. The van der Waals surface area contributed by atoms with E-state index in [-0.39, 0.29) is 16.9 Å². The molecule has 28 heavy (non-hydrogen) atoms. The topological polar surface area (TPSA) is 96.3 Å². The molecule has 2 aromatic heterocycles. The molecule has 3 heterocycles. The van der Waals surface area contributed by atoms with Crippen molar-refractivity contribution in [3.8, 4) is 11.3 Å². The molecule has 1 aliphatic rings. The Labute approximate surface area is 164 Å². The number of rotatable bonds is 4. The summed E-state index contributed by atoms with van der Waals surface area (Å²) in [4.78, 5) is 38.8. The smallest absolute Gasteiger partial charge is 0.337 e. The van der Waals surface area contributed by atoms with Gasteiger partial charge in [0, 0.05) is 48.9 Å². The van der Waals surface area contributed by atoms with E-state index in [2.05, 4.69) is 15.0 Å². The fraction of sp³-hybridized carbons (Fsp3) is 0.476. The number of hydrogen-bond donors (Lipinski definition) is 1. The summed E-state index contributed by atoms with van der Waals surface area (Å²) in [5.41, 5.74) is 1.83. The van der Waals surface area contributed by atoms with Gasteiger partial charge in [-0.1, -0.05) is 20.8 Å². The van der Waals surface area contributed by atoms with Gasteiger partial charge in [-0.05, 0) is 31.2 Å². The van der Waals surface area contributed by atoms with E-state index in [1.165, 1.54) is 6.20 Å². The zero-order valence-corrected chi connectivity index (χ0v) is 16.6. The number of carbonyl (C=O) groups excluding carboxylic acids is 1. The van der Waals surface area contributed by atoms with Crippen LogP contribution in [0.1, 0.15) is 49.7 Å². The summed E-state index contributed by atoms with van der Waals surface area (Å²) in [6, 6.07) is 1.57. The van der Waals surface area contributed by atoms with Crippen LogP contribution in [0.15, 0.2) is 30.9 Å². The van der Waals surface area contributed by atoms with E-state index in [1.54, 1.807) is 24.7 Å². The minimum atomic E-state index is -1.02. The largest absolute Gasteiger partial charge is 0.478 e. The van der Waals surface area contributed by atoms with Crippen LogP contribution in [0.25, 0.3) is 11.3 Å². The minimum absolute atomic E-state index is 0.119. The van der Waals surface area contributed by atoms with Gasteiger partial charge in [0.1, 0.15) is 0 Å². The number of carbonyl (C=O) groups is 2. The molecule has 2 aromatic rings. The predicted molar refractivity (Wildman–Crippen MR) is 105 cm³/mol. The number of likely N-dealkylation sites (tertiary alicyclic amines) is 1. The predicted octanol–water partition coefficient (Wildman–Crippen LogP) is 3.06. The maximum Gasteiger partial charge on any atom is 0.337 e. The summed E-state index contributed by atoms with van der Waals surface area (Å²) < 4.78 is 0. The van der Waals surface area contributed by atoms with Crippen molar-refractivity contribution < 1.29 is 14.7 Å². The summed E-state index contributed by atoms with van der Waals surface area (Å²) >= 11 is 0. The quantitative estimate of drug-likeness (QED) is 0.873. The Morgan fingerprint density at radius 2 is 1.96 bits per heavy atom. The first-order valence-corrected chi connectivity index (χ1v) is 9.53. The normalized spacial score (nSPS) is 17.4. The van der Waals surface area contributed by atoms with Crippen LogP contribution in [0.2, 0.25) is 0 Å². The van der Waals surface area contributed by atoms with Crippen LogP contribution < -0.4 is 0 Å². The van der Waals surface area contributed by atoms with Crippen LogP contribution in [0.5, 0.6) is 0 Å². The molecular weight excluding hydrogens is 356 g/mol. The molecule has 0 spiro atoms. The third-order valence-corrected chi connectivity index (χ3v) is 4.96. The second-order valence-electron chi connectivity index (χ2n) is 8.33. The highest BCUT2D eigenvalue weighted by molar-refractivity contribution is 5.88. The van der Waals surface area contributed by atoms with Gasteiger partial charge in [-0.2, -0.15) is 0 Å².